The van der Waals surface area contributed by atoms with E-state index in [1.54, 1.807) is 19.1 Å². The molecule has 0 radical (unpaired) electrons. The first kappa shape index (κ1) is 42.7. The Morgan fingerprint density at radius 3 is 1.55 bits per heavy atom. The van der Waals surface area contributed by atoms with E-state index in [2.05, 4.69) is 37.4 Å². The number of ether oxygens (including phenoxy) is 6. The topological polar surface area (TPSA) is 161 Å². The minimum atomic E-state index is -1.09. The lowest BCUT2D eigenvalue weighted by Gasteiger charge is -2.34. The first-order valence-corrected chi connectivity index (χ1v) is 19.6. The van der Waals surface area contributed by atoms with Crippen LogP contribution < -0.4 is 9.47 Å². The number of aliphatic carboxylic acids is 1. The first-order valence-electron chi connectivity index (χ1n) is 19.6. The molecule has 0 saturated carbocycles. The number of esters is 4. The highest BCUT2D eigenvalue weighted by Gasteiger charge is 2.46. The quantitative estimate of drug-likeness (QED) is 0.0388. The summed E-state index contributed by atoms with van der Waals surface area (Å²) < 4.78 is 33.6. The van der Waals surface area contributed by atoms with Crippen LogP contribution in [0.1, 0.15) is 48.4 Å². The number of carboxylic acids is 1. The van der Waals surface area contributed by atoms with E-state index in [1.807, 2.05) is 72.8 Å². The molecule has 0 amide bonds. The molecule has 2 aliphatic rings. The summed E-state index contributed by atoms with van der Waals surface area (Å²) in [4.78, 5) is 60.8. The van der Waals surface area contributed by atoms with Crippen LogP contribution in [-0.2, 0) is 48.3 Å². The van der Waals surface area contributed by atoms with Crippen LogP contribution in [0.3, 0.4) is 0 Å². The van der Waals surface area contributed by atoms with Gasteiger partial charge in [-0.25, -0.2) is 9.59 Å². The minimum Gasteiger partial charge on any atom is -0.490 e. The lowest BCUT2D eigenvalue weighted by Crippen LogP contribution is -2.37. The van der Waals surface area contributed by atoms with Gasteiger partial charge >= 0.3 is 29.8 Å². The van der Waals surface area contributed by atoms with Crippen LogP contribution in [0.15, 0.2) is 135 Å². The Kier molecular flexibility index (Phi) is 14.0. The molecule has 1 N–H and O–H groups in total. The van der Waals surface area contributed by atoms with Gasteiger partial charge < -0.3 is 33.5 Å². The molecule has 310 valence electrons. The van der Waals surface area contributed by atoms with E-state index >= 15 is 0 Å². The molecule has 0 bridgehead atoms. The fraction of sp³-hybridized carbons (Fsp3) is 0.271. The molecule has 60 heavy (non-hydrogen) atoms. The fourth-order valence-electron chi connectivity index (χ4n) is 7.57. The third kappa shape index (κ3) is 9.50. The van der Waals surface area contributed by atoms with E-state index in [1.165, 1.54) is 0 Å². The summed E-state index contributed by atoms with van der Waals surface area (Å²) in [5, 5.41) is 9.69. The van der Waals surface area contributed by atoms with Crippen molar-refractivity contribution in [2.24, 2.45) is 11.8 Å². The van der Waals surface area contributed by atoms with Crippen LogP contribution in [0, 0.1) is 11.8 Å². The molecule has 0 spiro atoms. The van der Waals surface area contributed by atoms with Gasteiger partial charge in [-0.2, -0.15) is 0 Å². The Morgan fingerprint density at radius 2 is 1.10 bits per heavy atom. The second-order valence-electron chi connectivity index (χ2n) is 14.2. The molecule has 4 aromatic carbocycles. The third-order valence-electron chi connectivity index (χ3n) is 10.5. The standard InChI is InChI=1S/C48H46O12/c1-4-43(49)57-29-35(59-45(51)6-3)27-55-33-23-19-31(20-24-33)48(41-17-11-9-13-37(41)38-14-10-12-18-42(38)48)32-21-25-34(26-22-32)56-28-36(30-58-44(50)5-2)60-47(54)40-16-8-7-15-39(40)46(52)53/h4-5,7-14,17-26,35-36,39-40H,1-2,6,15-16,27-30H2,3H3,(H,52,53). The zero-order valence-corrected chi connectivity index (χ0v) is 33.2. The maximum Gasteiger partial charge on any atom is 0.330 e. The smallest absolute Gasteiger partial charge is 0.330 e. The molecule has 0 heterocycles. The molecule has 6 rings (SSSR count). The van der Waals surface area contributed by atoms with E-state index in [9.17, 15) is 29.1 Å². The predicted molar refractivity (Wildman–Crippen MR) is 220 cm³/mol. The molecule has 0 saturated heterocycles. The van der Waals surface area contributed by atoms with Crippen LogP contribution in [0.4, 0.5) is 0 Å². The second-order valence-corrected chi connectivity index (χ2v) is 14.2. The number of hydrogen-bond acceptors (Lipinski definition) is 11. The van der Waals surface area contributed by atoms with Crippen molar-refractivity contribution in [2.75, 3.05) is 26.4 Å². The van der Waals surface area contributed by atoms with Crippen molar-refractivity contribution in [2.45, 2.75) is 43.8 Å². The van der Waals surface area contributed by atoms with E-state index in [-0.39, 0.29) is 45.7 Å². The molecule has 0 aliphatic heterocycles. The number of rotatable bonds is 19. The summed E-state index contributed by atoms with van der Waals surface area (Å²) in [7, 11) is 0. The highest BCUT2D eigenvalue weighted by Crippen LogP contribution is 2.56. The maximum absolute atomic E-state index is 13.2. The van der Waals surface area contributed by atoms with Gasteiger partial charge in [-0.1, -0.05) is 105 Å². The highest BCUT2D eigenvalue weighted by molar-refractivity contribution is 5.86. The van der Waals surface area contributed by atoms with Crippen LogP contribution >= 0.6 is 0 Å². The van der Waals surface area contributed by atoms with Gasteiger partial charge in [0.25, 0.3) is 0 Å². The van der Waals surface area contributed by atoms with Gasteiger partial charge in [-0.15, -0.1) is 0 Å². The summed E-state index contributed by atoms with van der Waals surface area (Å²) in [6, 6.07) is 31.7. The zero-order valence-electron chi connectivity index (χ0n) is 33.2. The van der Waals surface area contributed by atoms with Crippen LogP contribution in [0.2, 0.25) is 0 Å². The summed E-state index contributed by atoms with van der Waals surface area (Å²) in [5.74, 6) is -4.46. The monoisotopic (exact) mass is 814 g/mol. The van der Waals surface area contributed by atoms with Gasteiger partial charge in [0, 0.05) is 18.6 Å². The molecular weight excluding hydrogens is 769 g/mol. The third-order valence-corrected chi connectivity index (χ3v) is 10.5. The van der Waals surface area contributed by atoms with E-state index in [0.29, 0.717) is 11.5 Å². The summed E-state index contributed by atoms with van der Waals surface area (Å²) >= 11 is 0. The van der Waals surface area contributed by atoms with Crippen LogP contribution in [0.5, 0.6) is 11.5 Å². The summed E-state index contributed by atoms with van der Waals surface area (Å²) in [6.07, 6.45) is 4.23. The molecule has 4 atom stereocenters. The fourth-order valence-corrected chi connectivity index (χ4v) is 7.57. The average molecular weight is 815 g/mol. The van der Waals surface area contributed by atoms with E-state index < -0.39 is 59.3 Å². The van der Waals surface area contributed by atoms with Gasteiger partial charge in [0.2, 0.25) is 0 Å². The highest BCUT2D eigenvalue weighted by atomic mass is 16.6. The number of carbonyl (C=O) groups is 5. The zero-order chi connectivity index (χ0) is 42.6. The first-order chi connectivity index (χ1) is 29.1. The van der Waals surface area contributed by atoms with Gasteiger partial charge in [0.05, 0.1) is 17.3 Å². The van der Waals surface area contributed by atoms with E-state index in [4.69, 9.17) is 28.4 Å². The van der Waals surface area contributed by atoms with Gasteiger partial charge in [-0.3, -0.25) is 14.4 Å². The minimum absolute atomic E-state index is 0.0503. The van der Waals surface area contributed by atoms with Crippen LogP contribution in [-0.4, -0.2) is 73.6 Å². The van der Waals surface area contributed by atoms with Crippen molar-refractivity contribution in [3.8, 4) is 22.6 Å². The van der Waals surface area contributed by atoms with Crippen LogP contribution in [0.25, 0.3) is 11.1 Å². The Balaban J connectivity index is 1.26. The van der Waals surface area contributed by atoms with Gasteiger partial charge in [-0.05, 0) is 70.5 Å². The predicted octanol–water partition coefficient (Wildman–Crippen LogP) is 7.17. The van der Waals surface area contributed by atoms with Crippen molar-refractivity contribution >= 4 is 29.8 Å². The largest absolute Gasteiger partial charge is 0.490 e. The maximum atomic E-state index is 13.2. The summed E-state index contributed by atoms with van der Waals surface area (Å²) in [5.41, 5.74) is 5.41. The molecule has 12 heteroatoms. The van der Waals surface area contributed by atoms with Gasteiger partial charge in [0.15, 0.2) is 12.2 Å². The number of fused-ring (bicyclic) bond motifs is 3. The van der Waals surface area contributed by atoms with Crippen molar-refractivity contribution < 1.29 is 57.5 Å². The lowest BCUT2D eigenvalue weighted by atomic mass is 9.68. The Labute approximate surface area is 348 Å². The van der Waals surface area contributed by atoms with Crippen molar-refractivity contribution in [1.82, 2.24) is 0 Å². The number of benzene rings is 4. The Bertz CT molecular complexity index is 2190. The normalized spacial score (nSPS) is 16.8. The molecule has 2 aliphatic carbocycles. The molecular formula is C48H46O12. The lowest BCUT2D eigenvalue weighted by molar-refractivity contribution is -0.167. The SMILES string of the molecule is C=CC(=O)OCC(COc1ccc(C2(c3ccc(OCC(COC(=O)C=C)OC(=O)C4CC=CCC4C(=O)O)cc3)c3ccccc3-c3ccccc32)cc1)OC(=O)CC. The number of hydrogen-bond donors (Lipinski definition) is 1. The van der Waals surface area contributed by atoms with Gasteiger partial charge in [0.1, 0.15) is 37.9 Å². The summed E-state index contributed by atoms with van der Waals surface area (Å²) in [6.45, 7) is 7.74. The number of carbonyl (C=O) groups excluding carboxylic acids is 4. The second kappa shape index (κ2) is 19.7. The Hall–Kier alpha value is -6.95. The molecule has 0 fully saturated rings. The van der Waals surface area contributed by atoms with Crippen molar-refractivity contribution in [1.29, 1.82) is 0 Å². The van der Waals surface area contributed by atoms with E-state index in [0.717, 1.165) is 45.5 Å². The number of allylic oxidation sites excluding steroid dienone is 2. The van der Waals surface area contributed by atoms with Crippen molar-refractivity contribution in [3.05, 3.63) is 157 Å². The molecule has 12 nitrogen and oxygen atoms in total. The Morgan fingerprint density at radius 1 is 0.650 bits per heavy atom. The molecule has 4 aromatic rings. The average Bonchev–Trinajstić information content (AvgIpc) is 3.59. The molecule has 4 unspecified atom stereocenters. The number of carboxylic acid groups (broad SMARTS) is 1. The van der Waals surface area contributed by atoms with Crippen molar-refractivity contribution in [3.63, 3.8) is 0 Å². The molecule has 0 aromatic heterocycles.